The minimum absolute atomic E-state index is 0.212. The molecule has 2 aromatic carbocycles. The van der Waals surface area contributed by atoms with Gasteiger partial charge in [0.25, 0.3) is 11.8 Å². The molecule has 2 aliphatic rings. The van der Waals surface area contributed by atoms with Crippen LogP contribution in [0.2, 0.25) is 0 Å². The second-order valence-corrected chi connectivity index (χ2v) is 12.5. The molecule has 12 nitrogen and oxygen atoms in total. The third-order valence-electron chi connectivity index (χ3n) is 8.10. The first-order valence-electron chi connectivity index (χ1n) is 15.1. The highest BCUT2D eigenvalue weighted by atomic mass is 16.7. The summed E-state index contributed by atoms with van der Waals surface area (Å²) >= 11 is 0. The van der Waals surface area contributed by atoms with Gasteiger partial charge >= 0.3 is 11.9 Å². The number of benzene rings is 2. The first-order chi connectivity index (χ1) is 21.7. The number of rotatable bonds is 14. The number of aliphatic carboxylic acids is 1. The Bertz CT molecular complexity index is 1330. The topological polar surface area (TPSA) is 141 Å². The summed E-state index contributed by atoms with van der Waals surface area (Å²) in [5.74, 6) is -3.09. The van der Waals surface area contributed by atoms with E-state index in [1.54, 1.807) is 20.8 Å². The number of ether oxygens (including phenoxy) is 3. The average molecular weight is 643 g/mol. The second kappa shape index (κ2) is 15.6. The third-order valence-corrected chi connectivity index (χ3v) is 8.10. The smallest absolute Gasteiger partial charge is 0.322 e. The number of hydrogen-bond acceptors (Lipinski definition) is 9. The monoisotopic (exact) mass is 642 g/mol. The van der Waals surface area contributed by atoms with Gasteiger partial charge < -0.3 is 19.3 Å². The molecule has 2 fully saturated rings. The summed E-state index contributed by atoms with van der Waals surface area (Å²) < 4.78 is 16.7. The molecule has 2 aliphatic carbocycles. The van der Waals surface area contributed by atoms with Gasteiger partial charge in [-0.1, -0.05) is 60.7 Å². The van der Waals surface area contributed by atoms with E-state index in [9.17, 15) is 24.3 Å². The lowest BCUT2D eigenvalue weighted by Crippen LogP contribution is -2.42. The summed E-state index contributed by atoms with van der Waals surface area (Å²) in [5, 5.41) is 11.4. The molecule has 0 aliphatic heterocycles. The Hall–Kier alpha value is -3.84. The quantitative estimate of drug-likeness (QED) is 0.183. The summed E-state index contributed by atoms with van der Waals surface area (Å²) in [6, 6.07) is 19.4. The van der Waals surface area contributed by atoms with Crippen LogP contribution in [0.4, 0.5) is 0 Å². The van der Waals surface area contributed by atoms with Crippen LogP contribution in [0.25, 0.3) is 0 Å². The molecule has 2 aromatic rings. The van der Waals surface area contributed by atoms with Gasteiger partial charge in [0.1, 0.15) is 5.60 Å². The van der Waals surface area contributed by atoms with Crippen LogP contribution in [0.3, 0.4) is 0 Å². The van der Waals surface area contributed by atoms with Gasteiger partial charge in [-0.15, -0.1) is 0 Å². The minimum atomic E-state index is -1.40. The van der Waals surface area contributed by atoms with Gasteiger partial charge in [0.15, 0.2) is 10.8 Å². The third kappa shape index (κ3) is 8.91. The van der Waals surface area contributed by atoms with Crippen LogP contribution < -0.4 is 0 Å². The number of hydrogen-bond donors (Lipinski definition) is 1. The van der Waals surface area contributed by atoms with E-state index < -0.39 is 40.2 Å². The van der Waals surface area contributed by atoms with Crippen LogP contribution in [-0.2, 0) is 56.3 Å². The van der Waals surface area contributed by atoms with E-state index >= 15 is 0 Å². The van der Waals surface area contributed by atoms with Crippen LogP contribution in [0, 0.1) is 22.7 Å². The lowest BCUT2D eigenvalue weighted by Gasteiger charge is -2.26. The van der Waals surface area contributed by atoms with Crippen molar-refractivity contribution in [1.29, 1.82) is 0 Å². The lowest BCUT2D eigenvalue weighted by atomic mass is 10.0. The lowest BCUT2D eigenvalue weighted by molar-refractivity contribution is -0.186. The normalized spacial score (nSPS) is 22.9. The maximum atomic E-state index is 12.7. The number of esters is 1. The van der Waals surface area contributed by atoms with E-state index in [1.165, 1.54) is 28.3 Å². The zero-order valence-electron chi connectivity index (χ0n) is 27.7. The van der Waals surface area contributed by atoms with Crippen molar-refractivity contribution in [3.63, 3.8) is 0 Å². The molecular weight excluding hydrogens is 596 g/mol. The van der Waals surface area contributed by atoms with Crippen molar-refractivity contribution in [3.8, 4) is 0 Å². The second-order valence-electron chi connectivity index (χ2n) is 12.5. The Kier molecular flexibility index (Phi) is 12.4. The maximum Gasteiger partial charge on any atom is 0.322 e. The van der Waals surface area contributed by atoms with Gasteiger partial charge in [-0.3, -0.25) is 28.9 Å². The van der Waals surface area contributed by atoms with Gasteiger partial charge in [0.05, 0.1) is 40.6 Å². The zero-order valence-corrected chi connectivity index (χ0v) is 27.7. The highest BCUT2D eigenvalue weighted by Gasteiger charge is 2.69. The van der Waals surface area contributed by atoms with Gasteiger partial charge in [-0.05, 0) is 44.7 Å². The van der Waals surface area contributed by atoms with Crippen molar-refractivity contribution >= 4 is 23.8 Å². The predicted molar refractivity (Wildman–Crippen MR) is 166 cm³/mol. The molecule has 12 heteroatoms. The maximum absolute atomic E-state index is 12.7. The van der Waals surface area contributed by atoms with Crippen molar-refractivity contribution in [2.75, 3.05) is 41.5 Å². The van der Waals surface area contributed by atoms with E-state index in [1.807, 2.05) is 60.7 Å². The van der Waals surface area contributed by atoms with Crippen LogP contribution >= 0.6 is 0 Å². The van der Waals surface area contributed by atoms with Gasteiger partial charge in [0, 0.05) is 25.9 Å². The van der Waals surface area contributed by atoms with E-state index in [-0.39, 0.29) is 24.9 Å². The van der Waals surface area contributed by atoms with Crippen LogP contribution in [0.5, 0.6) is 0 Å². The fraction of sp³-hybridized carbons (Fsp3) is 0.529. The van der Waals surface area contributed by atoms with E-state index in [0.29, 0.717) is 26.2 Å². The Morgan fingerprint density at radius 3 is 1.52 bits per heavy atom. The molecule has 4 atom stereocenters. The van der Waals surface area contributed by atoms with Gasteiger partial charge in [-0.25, -0.2) is 10.1 Å². The largest absolute Gasteiger partial charge is 0.480 e. The molecule has 0 heterocycles. The SMILES string of the molecule is CON(C)C(=O)[C@]1(C(=O)O)C[C@H]1COCc1ccccc1.CON(C)C(=O)[C@]1(C(=O)OC(C)(C)C)C[C@H]1COCc1ccccc1. The van der Waals surface area contributed by atoms with Crippen LogP contribution in [-0.4, -0.2) is 86.1 Å². The fourth-order valence-corrected chi connectivity index (χ4v) is 5.16. The standard InChI is InChI=1S/C19H27NO5.C15H19NO5/c1-18(2,3)25-17(22)19(16(21)20(4)23-5)11-15(19)13-24-12-14-9-7-6-8-10-14;1-16(20-2)13(17)15(14(18)19)8-12(15)10-21-9-11-6-4-3-5-7-11/h6-10,15H,11-13H2,1-5H3;3-7,12H,8-10H2,1-2H3,(H,18,19)/t15-,19-;12-,15-/m00/s1. The molecule has 0 saturated heterocycles. The summed E-state index contributed by atoms with van der Waals surface area (Å²) in [5.41, 5.74) is -1.21. The summed E-state index contributed by atoms with van der Waals surface area (Å²) in [7, 11) is 5.63. The van der Waals surface area contributed by atoms with Crippen LogP contribution in [0.15, 0.2) is 60.7 Å². The van der Waals surface area contributed by atoms with Gasteiger partial charge in [0.2, 0.25) is 0 Å². The van der Waals surface area contributed by atoms with Crippen molar-refractivity contribution in [2.45, 2.75) is 52.4 Å². The number of nitrogens with zero attached hydrogens (tertiary/aromatic N) is 2. The minimum Gasteiger partial charge on any atom is -0.480 e. The molecule has 252 valence electrons. The highest BCUT2D eigenvalue weighted by Crippen LogP contribution is 2.56. The van der Waals surface area contributed by atoms with E-state index in [4.69, 9.17) is 23.9 Å². The molecule has 0 bridgehead atoms. The molecule has 4 rings (SSSR count). The van der Waals surface area contributed by atoms with Crippen molar-refractivity contribution in [3.05, 3.63) is 71.8 Å². The number of carbonyl (C=O) groups excluding carboxylic acids is 3. The molecule has 0 radical (unpaired) electrons. The first kappa shape index (κ1) is 36.6. The molecule has 46 heavy (non-hydrogen) atoms. The van der Waals surface area contributed by atoms with Crippen molar-refractivity contribution in [2.24, 2.45) is 22.7 Å². The number of carbonyl (C=O) groups is 4. The molecule has 0 unspecified atom stereocenters. The number of carboxylic acids is 1. The van der Waals surface area contributed by atoms with Crippen LogP contribution in [0.1, 0.15) is 44.7 Å². The Balaban J connectivity index is 0.000000254. The predicted octanol–water partition coefficient (Wildman–Crippen LogP) is 3.88. The van der Waals surface area contributed by atoms with Crippen molar-refractivity contribution < 1.29 is 48.2 Å². The fourth-order valence-electron chi connectivity index (χ4n) is 5.16. The Morgan fingerprint density at radius 1 is 0.739 bits per heavy atom. The Labute approximate surface area is 270 Å². The summed E-state index contributed by atoms with van der Waals surface area (Å²) in [4.78, 5) is 58.6. The van der Waals surface area contributed by atoms with Gasteiger partial charge in [-0.2, -0.15) is 0 Å². The highest BCUT2D eigenvalue weighted by molar-refractivity contribution is 6.06. The van der Waals surface area contributed by atoms with E-state index in [0.717, 1.165) is 21.3 Å². The summed E-state index contributed by atoms with van der Waals surface area (Å²) in [6.07, 6.45) is 0.687. The summed E-state index contributed by atoms with van der Waals surface area (Å²) in [6.45, 7) is 6.75. The zero-order chi connectivity index (χ0) is 34.1. The molecular formula is C34H46N2O10. The number of carboxylic acid groups (broad SMARTS) is 1. The molecule has 1 N–H and O–H groups in total. The van der Waals surface area contributed by atoms with Crippen molar-refractivity contribution in [1.82, 2.24) is 10.1 Å². The number of hydroxylamine groups is 4. The molecule has 2 saturated carbocycles. The van der Waals surface area contributed by atoms with E-state index in [2.05, 4.69) is 0 Å². The first-order valence-corrected chi connectivity index (χ1v) is 15.1. The number of amides is 2. The molecule has 0 spiro atoms. The molecule has 2 amide bonds. The molecule has 0 aromatic heterocycles. The Morgan fingerprint density at radius 2 is 1.13 bits per heavy atom. The average Bonchev–Trinajstić information content (AvgIpc) is 3.95.